The summed E-state index contributed by atoms with van der Waals surface area (Å²) < 4.78 is 1.75. The summed E-state index contributed by atoms with van der Waals surface area (Å²) in [5.41, 5.74) is 0. The van der Waals surface area contributed by atoms with Crippen molar-refractivity contribution in [2.24, 2.45) is 0 Å². The summed E-state index contributed by atoms with van der Waals surface area (Å²) >= 11 is 0. The number of carbonyl (C=O) groups excluding carboxylic acids is 1. The lowest BCUT2D eigenvalue weighted by molar-refractivity contribution is -0.137. The van der Waals surface area contributed by atoms with Gasteiger partial charge < -0.3 is 10.2 Å². The van der Waals surface area contributed by atoms with Gasteiger partial charge in [0, 0.05) is 37.1 Å². The van der Waals surface area contributed by atoms with E-state index in [2.05, 4.69) is 22.2 Å². The van der Waals surface area contributed by atoms with Gasteiger partial charge in [-0.2, -0.15) is 5.10 Å². The SMILES string of the molecule is CCN(C(=O)C(C)n1cccn1)C1CC2CCC(C1)N2. The molecule has 0 spiro atoms. The Bertz CT molecular complexity index is 446. The average Bonchev–Trinajstić information content (AvgIpc) is 3.09. The van der Waals surface area contributed by atoms with E-state index in [-0.39, 0.29) is 11.9 Å². The Kier molecular flexibility index (Phi) is 3.78. The van der Waals surface area contributed by atoms with Crippen molar-refractivity contribution in [3.8, 4) is 0 Å². The molecule has 2 saturated heterocycles. The lowest BCUT2D eigenvalue weighted by Crippen LogP contribution is -2.51. The molecule has 3 unspecified atom stereocenters. The quantitative estimate of drug-likeness (QED) is 0.908. The van der Waals surface area contributed by atoms with Gasteiger partial charge >= 0.3 is 0 Å². The van der Waals surface area contributed by atoms with Crippen LogP contribution in [0.4, 0.5) is 0 Å². The molecule has 2 fully saturated rings. The summed E-state index contributed by atoms with van der Waals surface area (Å²) in [6.07, 6.45) is 8.32. The molecule has 1 amide bonds. The number of carbonyl (C=O) groups is 1. The zero-order chi connectivity index (χ0) is 14.1. The highest BCUT2D eigenvalue weighted by atomic mass is 16.2. The van der Waals surface area contributed by atoms with Crippen LogP contribution in [-0.2, 0) is 4.79 Å². The predicted molar refractivity (Wildman–Crippen MR) is 77.3 cm³/mol. The van der Waals surface area contributed by atoms with Crippen molar-refractivity contribution >= 4 is 5.91 Å². The normalized spacial score (nSPS) is 30.2. The van der Waals surface area contributed by atoms with Crippen molar-refractivity contribution in [3.63, 3.8) is 0 Å². The molecule has 1 N–H and O–H groups in total. The summed E-state index contributed by atoms with van der Waals surface area (Å²) in [6, 6.07) is 3.27. The van der Waals surface area contributed by atoms with Gasteiger partial charge in [-0.15, -0.1) is 0 Å². The molecule has 1 aromatic rings. The Morgan fingerprint density at radius 2 is 2.15 bits per heavy atom. The van der Waals surface area contributed by atoms with E-state index >= 15 is 0 Å². The molecule has 5 heteroatoms. The first-order valence-corrected chi connectivity index (χ1v) is 7.74. The molecule has 20 heavy (non-hydrogen) atoms. The lowest BCUT2D eigenvalue weighted by Gasteiger charge is -2.38. The third kappa shape index (κ3) is 2.46. The molecule has 2 bridgehead atoms. The van der Waals surface area contributed by atoms with E-state index in [1.165, 1.54) is 12.8 Å². The molecule has 3 atom stereocenters. The fourth-order valence-corrected chi connectivity index (χ4v) is 3.74. The Hall–Kier alpha value is -1.36. The van der Waals surface area contributed by atoms with Crippen LogP contribution in [0.3, 0.4) is 0 Å². The van der Waals surface area contributed by atoms with Gasteiger partial charge in [0.05, 0.1) is 0 Å². The molecule has 1 aromatic heterocycles. The maximum absolute atomic E-state index is 12.8. The van der Waals surface area contributed by atoms with E-state index in [9.17, 15) is 4.79 Å². The Morgan fingerprint density at radius 1 is 1.45 bits per heavy atom. The number of nitrogens with one attached hydrogen (secondary N) is 1. The third-order valence-electron chi connectivity index (χ3n) is 4.79. The maximum atomic E-state index is 12.8. The summed E-state index contributed by atoms with van der Waals surface area (Å²) in [5, 5.41) is 7.84. The molecule has 0 radical (unpaired) electrons. The van der Waals surface area contributed by atoms with Crippen LogP contribution >= 0.6 is 0 Å². The number of aromatic nitrogens is 2. The van der Waals surface area contributed by atoms with Crippen LogP contribution in [0.5, 0.6) is 0 Å². The van der Waals surface area contributed by atoms with E-state index in [4.69, 9.17) is 0 Å². The minimum Gasteiger partial charge on any atom is -0.338 e. The number of nitrogens with zero attached hydrogens (tertiary/aromatic N) is 3. The molecule has 5 nitrogen and oxygen atoms in total. The van der Waals surface area contributed by atoms with E-state index in [1.807, 2.05) is 19.2 Å². The van der Waals surface area contributed by atoms with Gasteiger partial charge in [-0.05, 0) is 45.6 Å². The first kappa shape index (κ1) is 13.6. The second-order valence-corrected chi connectivity index (χ2v) is 6.05. The molecule has 0 aliphatic carbocycles. The lowest BCUT2D eigenvalue weighted by atomic mass is 9.97. The van der Waals surface area contributed by atoms with Crippen LogP contribution in [-0.4, -0.2) is 45.3 Å². The molecule has 2 aliphatic heterocycles. The first-order chi connectivity index (χ1) is 9.69. The number of fused-ring (bicyclic) bond motifs is 2. The maximum Gasteiger partial charge on any atom is 0.247 e. The number of piperidine rings is 1. The summed E-state index contributed by atoms with van der Waals surface area (Å²) in [4.78, 5) is 14.8. The number of amides is 1. The van der Waals surface area contributed by atoms with Crippen molar-refractivity contribution in [1.29, 1.82) is 0 Å². The van der Waals surface area contributed by atoms with Crippen molar-refractivity contribution in [2.45, 2.75) is 63.7 Å². The fraction of sp³-hybridized carbons (Fsp3) is 0.733. The van der Waals surface area contributed by atoms with Gasteiger partial charge in [-0.3, -0.25) is 9.48 Å². The van der Waals surface area contributed by atoms with Gasteiger partial charge in [0.1, 0.15) is 6.04 Å². The molecule has 3 heterocycles. The minimum absolute atomic E-state index is 0.197. The topological polar surface area (TPSA) is 50.2 Å². The standard InChI is InChI=1S/C15H24N4O/c1-3-18(14-9-12-5-6-13(10-14)17-12)15(20)11(2)19-8-4-7-16-19/h4,7-8,11-14,17H,3,5-6,9-10H2,1-2H3. The van der Waals surface area contributed by atoms with Gasteiger partial charge in [-0.25, -0.2) is 0 Å². The van der Waals surface area contributed by atoms with Crippen LogP contribution in [0.15, 0.2) is 18.5 Å². The van der Waals surface area contributed by atoms with Crippen molar-refractivity contribution in [2.75, 3.05) is 6.54 Å². The molecule has 0 aromatic carbocycles. The zero-order valence-corrected chi connectivity index (χ0v) is 12.3. The summed E-state index contributed by atoms with van der Waals surface area (Å²) in [6.45, 7) is 4.81. The van der Waals surface area contributed by atoms with Gasteiger partial charge in [0.15, 0.2) is 0 Å². The Balaban J connectivity index is 1.71. The number of hydrogen-bond acceptors (Lipinski definition) is 3. The number of likely N-dealkylation sites (N-methyl/N-ethyl adjacent to an activating group) is 1. The first-order valence-electron chi connectivity index (χ1n) is 7.74. The summed E-state index contributed by atoms with van der Waals surface area (Å²) in [7, 11) is 0. The molecule has 2 aliphatic rings. The van der Waals surface area contributed by atoms with Crippen LogP contribution in [0.25, 0.3) is 0 Å². The minimum atomic E-state index is -0.211. The van der Waals surface area contributed by atoms with Crippen molar-refractivity contribution < 1.29 is 4.79 Å². The van der Waals surface area contributed by atoms with Crippen molar-refractivity contribution in [3.05, 3.63) is 18.5 Å². The average molecular weight is 276 g/mol. The third-order valence-corrected chi connectivity index (χ3v) is 4.79. The predicted octanol–water partition coefficient (Wildman–Crippen LogP) is 1.58. The van der Waals surface area contributed by atoms with E-state index in [1.54, 1.807) is 10.9 Å². The van der Waals surface area contributed by atoms with Crippen molar-refractivity contribution in [1.82, 2.24) is 20.0 Å². The molecule has 110 valence electrons. The molecular formula is C15H24N4O. The number of rotatable bonds is 4. The van der Waals surface area contributed by atoms with Crippen LogP contribution in [0.1, 0.15) is 45.6 Å². The van der Waals surface area contributed by atoms with Gasteiger partial charge in [-0.1, -0.05) is 0 Å². The zero-order valence-electron chi connectivity index (χ0n) is 12.3. The highest BCUT2D eigenvalue weighted by molar-refractivity contribution is 5.80. The largest absolute Gasteiger partial charge is 0.338 e. The Labute approximate surface area is 120 Å². The Morgan fingerprint density at radius 3 is 2.70 bits per heavy atom. The van der Waals surface area contributed by atoms with E-state index < -0.39 is 0 Å². The smallest absolute Gasteiger partial charge is 0.247 e. The molecule has 0 saturated carbocycles. The molecule has 3 rings (SSSR count). The van der Waals surface area contributed by atoms with E-state index in [0.29, 0.717) is 18.1 Å². The second-order valence-electron chi connectivity index (χ2n) is 6.05. The van der Waals surface area contributed by atoms with E-state index in [0.717, 1.165) is 19.4 Å². The van der Waals surface area contributed by atoms with Crippen LogP contribution < -0.4 is 5.32 Å². The van der Waals surface area contributed by atoms with Crippen LogP contribution in [0.2, 0.25) is 0 Å². The highest BCUT2D eigenvalue weighted by Crippen LogP contribution is 2.30. The molecular weight excluding hydrogens is 252 g/mol. The highest BCUT2D eigenvalue weighted by Gasteiger charge is 2.38. The van der Waals surface area contributed by atoms with Gasteiger partial charge in [0.25, 0.3) is 0 Å². The second kappa shape index (κ2) is 5.56. The van der Waals surface area contributed by atoms with Crippen LogP contribution in [0, 0.1) is 0 Å². The fourth-order valence-electron chi connectivity index (χ4n) is 3.74. The number of hydrogen-bond donors (Lipinski definition) is 1. The van der Waals surface area contributed by atoms with Gasteiger partial charge in [0.2, 0.25) is 5.91 Å². The summed E-state index contributed by atoms with van der Waals surface area (Å²) in [5.74, 6) is 0.197. The monoisotopic (exact) mass is 276 g/mol.